The number of hydrogen-bond donors (Lipinski definition) is 0. The van der Waals surface area contributed by atoms with Gasteiger partial charge in [-0.05, 0) is 18.2 Å². The highest BCUT2D eigenvalue weighted by molar-refractivity contribution is 7.21. The van der Waals surface area contributed by atoms with E-state index in [2.05, 4.69) is 0 Å². The van der Waals surface area contributed by atoms with Crippen LogP contribution in [0.15, 0.2) is 48.5 Å². The molecule has 25 heavy (non-hydrogen) atoms. The van der Waals surface area contributed by atoms with Crippen molar-refractivity contribution >= 4 is 50.8 Å². The third-order valence-electron chi connectivity index (χ3n) is 3.92. The summed E-state index contributed by atoms with van der Waals surface area (Å²) in [6.07, 6.45) is 0. The van der Waals surface area contributed by atoms with Crippen LogP contribution in [-0.4, -0.2) is 29.4 Å². The SMILES string of the molecule is O=C(OCN1C(=O)c2ccccc2C1=O)c1sc2ccccc2c1Cl. The lowest BCUT2D eigenvalue weighted by atomic mass is 10.1. The highest BCUT2D eigenvalue weighted by Gasteiger charge is 2.36. The zero-order valence-corrected chi connectivity index (χ0v) is 14.3. The van der Waals surface area contributed by atoms with E-state index in [4.69, 9.17) is 16.3 Å². The van der Waals surface area contributed by atoms with Crippen molar-refractivity contribution in [1.82, 2.24) is 4.90 Å². The Labute approximate surface area is 151 Å². The molecule has 1 aliphatic rings. The summed E-state index contributed by atoms with van der Waals surface area (Å²) in [7, 11) is 0. The zero-order chi connectivity index (χ0) is 17.6. The van der Waals surface area contributed by atoms with E-state index in [9.17, 15) is 14.4 Å². The van der Waals surface area contributed by atoms with Gasteiger partial charge in [-0.3, -0.25) is 9.59 Å². The maximum absolute atomic E-state index is 12.3. The van der Waals surface area contributed by atoms with E-state index in [0.717, 1.165) is 15.0 Å². The number of fused-ring (bicyclic) bond motifs is 2. The van der Waals surface area contributed by atoms with Crippen LogP contribution in [0.3, 0.4) is 0 Å². The summed E-state index contributed by atoms with van der Waals surface area (Å²) >= 11 is 7.45. The quantitative estimate of drug-likeness (QED) is 0.516. The minimum absolute atomic E-state index is 0.250. The number of nitrogens with zero attached hydrogens (tertiary/aromatic N) is 1. The number of thiophene rings is 1. The fraction of sp³-hybridized carbons (Fsp3) is 0.0556. The Kier molecular flexibility index (Phi) is 3.78. The molecule has 2 heterocycles. The number of amides is 2. The minimum atomic E-state index is -0.664. The Morgan fingerprint density at radius 1 is 1.00 bits per heavy atom. The number of esters is 1. The molecular weight excluding hydrogens is 362 g/mol. The van der Waals surface area contributed by atoms with Crippen molar-refractivity contribution in [3.05, 3.63) is 69.6 Å². The van der Waals surface area contributed by atoms with Crippen LogP contribution in [0.25, 0.3) is 10.1 Å². The number of rotatable bonds is 3. The van der Waals surface area contributed by atoms with Gasteiger partial charge in [-0.1, -0.05) is 41.9 Å². The van der Waals surface area contributed by atoms with E-state index in [-0.39, 0.29) is 4.88 Å². The first-order valence-corrected chi connectivity index (χ1v) is 8.57. The van der Waals surface area contributed by atoms with Gasteiger partial charge in [-0.25, -0.2) is 9.69 Å². The van der Waals surface area contributed by atoms with Crippen LogP contribution in [0.4, 0.5) is 0 Å². The molecule has 4 rings (SSSR count). The molecule has 0 atom stereocenters. The van der Waals surface area contributed by atoms with E-state index in [1.54, 1.807) is 24.3 Å². The maximum atomic E-state index is 12.3. The predicted octanol–water partition coefficient (Wildman–Crippen LogP) is 3.97. The van der Waals surface area contributed by atoms with Gasteiger partial charge in [0.2, 0.25) is 0 Å². The van der Waals surface area contributed by atoms with Crippen molar-refractivity contribution in [3.63, 3.8) is 0 Å². The third kappa shape index (κ3) is 2.50. The monoisotopic (exact) mass is 371 g/mol. The zero-order valence-electron chi connectivity index (χ0n) is 12.7. The molecule has 5 nitrogen and oxygen atoms in total. The van der Waals surface area contributed by atoms with Gasteiger partial charge in [0.25, 0.3) is 11.8 Å². The highest BCUT2D eigenvalue weighted by Crippen LogP contribution is 2.35. The summed E-state index contributed by atoms with van der Waals surface area (Å²) in [6, 6.07) is 13.8. The summed E-state index contributed by atoms with van der Waals surface area (Å²) in [5.74, 6) is -1.62. The summed E-state index contributed by atoms with van der Waals surface area (Å²) in [6.45, 7) is -0.449. The Balaban J connectivity index is 1.54. The van der Waals surface area contributed by atoms with Crippen molar-refractivity contribution in [2.24, 2.45) is 0 Å². The molecule has 1 aliphatic heterocycles. The van der Waals surface area contributed by atoms with Crippen molar-refractivity contribution < 1.29 is 19.1 Å². The molecule has 1 aromatic heterocycles. The fourth-order valence-corrected chi connectivity index (χ4v) is 4.09. The van der Waals surface area contributed by atoms with E-state index >= 15 is 0 Å². The first-order valence-electron chi connectivity index (χ1n) is 7.37. The standard InChI is InChI=1S/C18H10ClNO4S/c19-14-12-7-3-4-8-13(12)25-15(14)18(23)24-9-20-16(21)10-5-1-2-6-11(10)17(20)22/h1-8H,9H2. The van der Waals surface area contributed by atoms with Crippen LogP contribution in [0.5, 0.6) is 0 Å². The topological polar surface area (TPSA) is 63.7 Å². The van der Waals surface area contributed by atoms with Crippen molar-refractivity contribution in [3.8, 4) is 0 Å². The Morgan fingerprint density at radius 2 is 1.60 bits per heavy atom. The Bertz CT molecular complexity index is 1010. The molecule has 7 heteroatoms. The largest absolute Gasteiger partial charge is 0.439 e. The second kappa shape index (κ2) is 5.98. The Hall–Kier alpha value is -2.70. The van der Waals surface area contributed by atoms with Gasteiger partial charge in [0.1, 0.15) is 4.88 Å². The lowest BCUT2D eigenvalue weighted by Crippen LogP contribution is -2.33. The van der Waals surface area contributed by atoms with Gasteiger partial charge in [-0.2, -0.15) is 0 Å². The molecule has 0 saturated carbocycles. The van der Waals surface area contributed by atoms with Crippen LogP contribution >= 0.6 is 22.9 Å². The van der Waals surface area contributed by atoms with E-state index < -0.39 is 24.5 Å². The van der Waals surface area contributed by atoms with E-state index in [1.807, 2.05) is 24.3 Å². The predicted molar refractivity (Wildman–Crippen MR) is 94.1 cm³/mol. The average Bonchev–Trinajstić information content (AvgIpc) is 3.09. The van der Waals surface area contributed by atoms with Crippen LogP contribution < -0.4 is 0 Å². The van der Waals surface area contributed by atoms with Gasteiger partial charge in [0.05, 0.1) is 16.1 Å². The van der Waals surface area contributed by atoms with Crippen LogP contribution in [0.1, 0.15) is 30.4 Å². The molecule has 0 aliphatic carbocycles. The molecule has 0 spiro atoms. The van der Waals surface area contributed by atoms with Crippen LogP contribution in [0, 0.1) is 0 Å². The summed E-state index contributed by atoms with van der Waals surface area (Å²) in [5, 5.41) is 1.08. The highest BCUT2D eigenvalue weighted by atomic mass is 35.5. The summed E-state index contributed by atoms with van der Waals surface area (Å²) < 4.78 is 6.03. The van der Waals surface area contributed by atoms with Gasteiger partial charge in [0, 0.05) is 10.1 Å². The number of carbonyl (C=O) groups excluding carboxylic acids is 3. The molecule has 0 radical (unpaired) electrons. The van der Waals surface area contributed by atoms with Gasteiger partial charge >= 0.3 is 5.97 Å². The van der Waals surface area contributed by atoms with Crippen molar-refractivity contribution in [1.29, 1.82) is 0 Å². The third-order valence-corrected chi connectivity index (χ3v) is 5.58. The lowest BCUT2D eigenvalue weighted by Gasteiger charge is -2.13. The first kappa shape index (κ1) is 15.8. The molecule has 0 fully saturated rings. The van der Waals surface area contributed by atoms with Gasteiger partial charge < -0.3 is 4.74 Å². The normalized spacial score (nSPS) is 13.4. The lowest BCUT2D eigenvalue weighted by molar-refractivity contribution is 0.0232. The first-order chi connectivity index (χ1) is 12.1. The summed E-state index contributed by atoms with van der Waals surface area (Å²) in [5.41, 5.74) is 0.617. The van der Waals surface area contributed by atoms with Crippen molar-refractivity contribution in [2.45, 2.75) is 0 Å². The van der Waals surface area contributed by atoms with Crippen LogP contribution in [0.2, 0.25) is 5.02 Å². The van der Waals surface area contributed by atoms with Crippen molar-refractivity contribution in [2.75, 3.05) is 6.73 Å². The van der Waals surface area contributed by atoms with Crippen LogP contribution in [-0.2, 0) is 4.74 Å². The fourth-order valence-electron chi connectivity index (χ4n) is 2.69. The molecule has 2 amide bonds. The second-order valence-corrected chi connectivity index (χ2v) is 6.82. The molecular formula is C18H10ClNO4S. The molecule has 0 unspecified atom stereocenters. The number of halogens is 1. The minimum Gasteiger partial charge on any atom is -0.439 e. The number of imide groups is 1. The number of carbonyl (C=O) groups is 3. The summed E-state index contributed by atoms with van der Waals surface area (Å²) in [4.78, 5) is 38.0. The molecule has 2 aromatic carbocycles. The molecule has 3 aromatic rings. The van der Waals surface area contributed by atoms with Gasteiger partial charge in [0.15, 0.2) is 6.73 Å². The molecule has 124 valence electrons. The smallest absolute Gasteiger partial charge is 0.351 e. The Morgan fingerprint density at radius 3 is 2.24 bits per heavy atom. The molecule has 0 N–H and O–H groups in total. The van der Waals surface area contributed by atoms with E-state index in [1.165, 1.54) is 11.3 Å². The number of ether oxygens (including phenoxy) is 1. The maximum Gasteiger partial charge on any atom is 0.351 e. The number of hydrogen-bond acceptors (Lipinski definition) is 5. The van der Waals surface area contributed by atoms with E-state index in [0.29, 0.717) is 16.1 Å². The van der Waals surface area contributed by atoms with Gasteiger partial charge in [-0.15, -0.1) is 11.3 Å². The second-order valence-electron chi connectivity index (χ2n) is 5.39. The number of benzene rings is 2. The molecule has 0 saturated heterocycles. The average molecular weight is 372 g/mol. The molecule has 0 bridgehead atoms.